The summed E-state index contributed by atoms with van der Waals surface area (Å²) >= 11 is 6.16. The summed E-state index contributed by atoms with van der Waals surface area (Å²) in [7, 11) is 1.43. The Bertz CT molecular complexity index is 1390. The molecule has 0 saturated carbocycles. The van der Waals surface area contributed by atoms with E-state index in [1.54, 1.807) is 60.7 Å². The molecule has 1 unspecified atom stereocenters. The second-order valence-electron chi connectivity index (χ2n) is 8.41. The maximum Gasteiger partial charge on any atom is 0.300 e. The van der Waals surface area contributed by atoms with Crippen LogP contribution < -0.4 is 14.4 Å². The van der Waals surface area contributed by atoms with Gasteiger partial charge in [0.05, 0.1) is 42.0 Å². The maximum atomic E-state index is 13.3. The second-order valence-corrected chi connectivity index (χ2v) is 8.84. The summed E-state index contributed by atoms with van der Waals surface area (Å²) in [5, 5.41) is 20.9. The van der Waals surface area contributed by atoms with Gasteiger partial charge in [0.15, 0.2) is 0 Å². The van der Waals surface area contributed by atoms with Crippen LogP contribution in [-0.4, -0.2) is 30.0 Å². The van der Waals surface area contributed by atoms with E-state index in [4.69, 9.17) is 26.3 Å². The molecule has 1 amide bonds. The number of nitrogens with zero attached hydrogens (tertiary/aromatic N) is 2. The van der Waals surface area contributed by atoms with Gasteiger partial charge in [-0.2, -0.15) is 5.26 Å². The van der Waals surface area contributed by atoms with Crippen LogP contribution in [0.15, 0.2) is 72.3 Å². The minimum atomic E-state index is -0.949. The molecular formula is C28H23ClN2O5. The largest absolute Gasteiger partial charge is 0.507 e. The summed E-state index contributed by atoms with van der Waals surface area (Å²) in [6.07, 6.45) is -0.0320. The van der Waals surface area contributed by atoms with Crippen LogP contribution in [0.1, 0.15) is 36.6 Å². The Balaban J connectivity index is 1.93. The van der Waals surface area contributed by atoms with E-state index in [0.717, 1.165) is 0 Å². The fourth-order valence-corrected chi connectivity index (χ4v) is 4.29. The molecule has 3 aromatic rings. The number of nitriles is 1. The van der Waals surface area contributed by atoms with E-state index in [0.29, 0.717) is 33.3 Å². The Kier molecular flexibility index (Phi) is 7.00. The molecule has 182 valence electrons. The quantitative estimate of drug-likeness (QED) is 0.266. The van der Waals surface area contributed by atoms with E-state index in [1.165, 1.54) is 18.1 Å². The van der Waals surface area contributed by atoms with Gasteiger partial charge in [-0.15, -0.1) is 0 Å². The number of carbonyl (C=O) groups is 2. The molecule has 1 aliphatic heterocycles. The highest BCUT2D eigenvalue weighted by atomic mass is 35.5. The van der Waals surface area contributed by atoms with Gasteiger partial charge in [-0.3, -0.25) is 14.5 Å². The third-order valence-electron chi connectivity index (χ3n) is 5.70. The lowest BCUT2D eigenvalue weighted by molar-refractivity contribution is -0.132. The number of ketones is 1. The van der Waals surface area contributed by atoms with E-state index in [9.17, 15) is 14.7 Å². The standard InChI is InChI=1S/C28H23ClN2O5/c1-16(2)36-21-11-6-18(7-12-21)25-24(26(32)22-14-19(29)8-13-23(22)35-3)27(33)28(34)31(25)20-9-4-17(15-30)5-10-20/h4-14,16,25,32H,1-3H3/b26-24+. The molecule has 8 heteroatoms. The lowest BCUT2D eigenvalue weighted by Gasteiger charge is -2.26. The average Bonchev–Trinajstić information content (AvgIpc) is 3.14. The first-order chi connectivity index (χ1) is 17.2. The third-order valence-corrected chi connectivity index (χ3v) is 5.94. The number of ether oxygens (including phenoxy) is 2. The predicted molar refractivity (Wildman–Crippen MR) is 136 cm³/mol. The first-order valence-electron chi connectivity index (χ1n) is 11.2. The highest BCUT2D eigenvalue weighted by molar-refractivity contribution is 6.51. The smallest absolute Gasteiger partial charge is 0.300 e. The van der Waals surface area contributed by atoms with Crippen molar-refractivity contribution in [2.75, 3.05) is 12.0 Å². The lowest BCUT2D eigenvalue weighted by atomic mass is 9.94. The third kappa shape index (κ3) is 4.64. The monoisotopic (exact) mass is 502 g/mol. The zero-order valence-electron chi connectivity index (χ0n) is 19.9. The lowest BCUT2D eigenvalue weighted by Crippen LogP contribution is -2.29. The summed E-state index contributed by atoms with van der Waals surface area (Å²) in [5.41, 5.74) is 1.47. The molecule has 1 saturated heterocycles. The first-order valence-corrected chi connectivity index (χ1v) is 11.5. The Hall–Kier alpha value is -4.28. The van der Waals surface area contributed by atoms with Gasteiger partial charge in [-0.25, -0.2) is 0 Å². The topological polar surface area (TPSA) is 99.9 Å². The summed E-state index contributed by atoms with van der Waals surface area (Å²) in [6, 6.07) is 19.0. The Labute approximate surface area is 213 Å². The van der Waals surface area contributed by atoms with Crippen LogP contribution >= 0.6 is 11.6 Å². The van der Waals surface area contributed by atoms with E-state index in [-0.39, 0.29) is 17.2 Å². The van der Waals surface area contributed by atoms with Crippen molar-refractivity contribution in [3.63, 3.8) is 0 Å². The zero-order chi connectivity index (χ0) is 26.0. The molecule has 1 aliphatic rings. The normalized spacial score (nSPS) is 16.8. The number of methoxy groups -OCH3 is 1. The molecule has 0 spiro atoms. The number of Topliss-reactive ketones (excluding diaryl/α,β-unsaturated/α-hetero) is 1. The predicted octanol–water partition coefficient (Wildman–Crippen LogP) is 5.63. The van der Waals surface area contributed by atoms with Crippen LogP contribution in [0.4, 0.5) is 5.69 Å². The second kappa shape index (κ2) is 10.1. The van der Waals surface area contributed by atoms with Crippen LogP contribution in [-0.2, 0) is 9.59 Å². The van der Waals surface area contributed by atoms with Crippen molar-refractivity contribution in [2.45, 2.75) is 26.0 Å². The fraction of sp³-hybridized carbons (Fsp3) is 0.179. The van der Waals surface area contributed by atoms with Crippen molar-refractivity contribution < 1.29 is 24.2 Å². The van der Waals surface area contributed by atoms with E-state index in [1.807, 2.05) is 19.9 Å². The van der Waals surface area contributed by atoms with Crippen molar-refractivity contribution in [3.05, 3.63) is 94.0 Å². The van der Waals surface area contributed by atoms with Gasteiger partial charge in [0.1, 0.15) is 17.3 Å². The van der Waals surface area contributed by atoms with Crippen LogP contribution in [0.3, 0.4) is 0 Å². The highest BCUT2D eigenvalue weighted by Gasteiger charge is 2.47. The minimum Gasteiger partial charge on any atom is -0.507 e. The molecule has 0 aliphatic carbocycles. The number of anilines is 1. The summed E-state index contributed by atoms with van der Waals surface area (Å²) in [5.74, 6) is -1.15. The van der Waals surface area contributed by atoms with Gasteiger partial charge < -0.3 is 14.6 Å². The summed E-state index contributed by atoms with van der Waals surface area (Å²) < 4.78 is 11.1. The van der Waals surface area contributed by atoms with Gasteiger partial charge in [-0.05, 0) is 74.0 Å². The minimum absolute atomic E-state index is 0.0320. The van der Waals surface area contributed by atoms with Gasteiger partial charge in [-0.1, -0.05) is 23.7 Å². The first kappa shape index (κ1) is 24.8. The number of aliphatic hydroxyl groups excluding tert-OH is 1. The Morgan fingerprint density at radius 1 is 1.06 bits per heavy atom. The molecule has 0 bridgehead atoms. The molecule has 0 aromatic heterocycles. The van der Waals surface area contributed by atoms with E-state index >= 15 is 0 Å². The summed E-state index contributed by atoms with van der Waals surface area (Å²) in [4.78, 5) is 28.0. The van der Waals surface area contributed by atoms with Crippen molar-refractivity contribution in [3.8, 4) is 17.6 Å². The van der Waals surface area contributed by atoms with Crippen molar-refractivity contribution in [1.29, 1.82) is 5.26 Å². The van der Waals surface area contributed by atoms with Crippen molar-refractivity contribution in [1.82, 2.24) is 0 Å². The molecular weight excluding hydrogens is 480 g/mol. The van der Waals surface area contributed by atoms with Crippen molar-refractivity contribution >= 4 is 34.7 Å². The van der Waals surface area contributed by atoms with Crippen LogP contribution in [0, 0.1) is 11.3 Å². The van der Waals surface area contributed by atoms with E-state index in [2.05, 4.69) is 0 Å². The number of amides is 1. The molecule has 1 fully saturated rings. The molecule has 1 atom stereocenters. The van der Waals surface area contributed by atoms with Gasteiger partial charge >= 0.3 is 0 Å². The van der Waals surface area contributed by atoms with Crippen molar-refractivity contribution in [2.24, 2.45) is 0 Å². The number of carbonyl (C=O) groups excluding carboxylic acids is 2. The molecule has 36 heavy (non-hydrogen) atoms. The fourth-order valence-electron chi connectivity index (χ4n) is 4.12. The van der Waals surface area contributed by atoms with Crippen LogP contribution in [0.25, 0.3) is 5.76 Å². The molecule has 3 aromatic carbocycles. The number of hydrogen-bond donors (Lipinski definition) is 1. The van der Waals surface area contributed by atoms with Gasteiger partial charge in [0.25, 0.3) is 11.7 Å². The maximum absolute atomic E-state index is 13.3. The Morgan fingerprint density at radius 2 is 1.72 bits per heavy atom. The number of halogens is 1. The number of benzene rings is 3. The highest BCUT2D eigenvalue weighted by Crippen LogP contribution is 2.44. The zero-order valence-corrected chi connectivity index (χ0v) is 20.6. The molecule has 1 N–H and O–H groups in total. The van der Waals surface area contributed by atoms with Crippen LogP contribution in [0.2, 0.25) is 5.02 Å². The molecule has 4 rings (SSSR count). The number of hydrogen-bond acceptors (Lipinski definition) is 6. The molecule has 7 nitrogen and oxygen atoms in total. The average molecular weight is 503 g/mol. The van der Waals surface area contributed by atoms with Gasteiger partial charge in [0, 0.05) is 10.7 Å². The molecule has 0 radical (unpaired) electrons. The number of rotatable bonds is 6. The van der Waals surface area contributed by atoms with E-state index < -0.39 is 23.5 Å². The Morgan fingerprint density at radius 3 is 2.31 bits per heavy atom. The number of aliphatic hydroxyl groups is 1. The van der Waals surface area contributed by atoms with Gasteiger partial charge in [0.2, 0.25) is 0 Å². The van der Waals surface area contributed by atoms with Crippen LogP contribution in [0.5, 0.6) is 11.5 Å². The SMILES string of the molecule is COc1ccc(Cl)cc1/C(O)=C1\C(=O)C(=O)N(c2ccc(C#N)cc2)C1c1ccc(OC(C)C)cc1. The summed E-state index contributed by atoms with van der Waals surface area (Å²) in [6.45, 7) is 3.82. The molecule has 1 heterocycles.